The van der Waals surface area contributed by atoms with E-state index in [9.17, 15) is 23.2 Å². The average molecular weight is 386 g/mol. The number of anilines is 1. The summed E-state index contributed by atoms with van der Waals surface area (Å²) < 4.78 is 27.3. The number of imide groups is 1. The maximum absolute atomic E-state index is 14.2. The molecule has 0 N–H and O–H groups in total. The molecule has 1 aliphatic rings. The van der Waals surface area contributed by atoms with Crippen molar-refractivity contribution in [2.24, 2.45) is 0 Å². The van der Waals surface area contributed by atoms with Gasteiger partial charge in [0.25, 0.3) is 11.8 Å². The van der Waals surface area contributed by atoms with Gasteiger partial charge in [-0.1, -0.05) is 19.1 Å². The molecule has 0 bridgehead atoms. The lowest BCUT2D eigenvalue weighted by Gasteiger charge is -2.33. The number of amides is 3. The Labute approximate surface area is 161 Å². The zero-order valence-electron chi connectivity index (χ0n) is 15.6. The molecular weight excluding hydrogens is 366 g/mol. The van der Waals surface area contributed by atoms with Crippen molar-refractivity contribution < 1.29 is 23.2 Å². The van der Waals surface area contributed by atoms with Crippen LogP contribution in [0.4, 0.5) is 14.5 Å². The number of hydrogen-bond donors (Lipinski definition) is 0. The second-order valence-electron chi connectivity index (χ2n) is 6.71. The summed E-state index contributed by atoms with van der Waals surface area (Å²) in [5.41, 5.74) is 0.0876. The molecular formula is C21H20F2N2O3. The third kappa shape index (κ3) is 3.52. The van der Waals surface area contributed by atoms with Crippen LogP contribution < -0.4 is 4.90 Å². The van der Waals surface area contributed by atoms with Crippen molar-refractivity contribution in [3.63, 3.8) is 0 Å². The zero-order chi connectivity index (χ0) is 20.4. The minimum Gasteiger partial charge on any atom is -0.323 e. The molecule has 0 aromatic heterocycles. The highest BCUT2D eigenvalue weighted by Gasteiger charge is 2.46. The van der Waals surface area contributed by atoms with Gasteiger partial charge in [-0.05, 0) is 49.7 Å². The van der Waals surface area contributed by atoms with E-state index >= 15 is 0 Å². The molecule has 7 heteroatoms. The Morgan fingerprint density at radius 1 is 1.14 bits per heavy atom. The van der Waals surface area contributed by atoms with Crippen LogP contribution in [0.15, 0.2) is 48.5 Å². The molecule has 0 aliphatic carbocycles. The summed E-state index contributed by atoms with van der Waals surface area (Å²) in [5.74, 6) is -2.89. The third-order valence-electron chi connectivity index (χ3n) is 4.95. The van der Waals surface area contributed by atoms with E-state index in [1.54, 1.807) is 6.92 Å². The quantitative estimate of drug-likeness (QED) is 0.739. The largest absolute Gasteiger partial charge is 0.323 e. The first-order valence-electron chi connectivity index (χ1n) is 9.04. The van der Waals surface area contributed by atoms with E-state index in [-0.39, 0.29) is 23.7 Å². The Bertz CT molecular complexity index is 914. The monoisotopic (exact) mass is 386 g/mol. The van der Waals surface area contributed by atoms with Crippen molar-refractivity contribution in [3.05, 3.63) is 65.7 Å². The van der Waals surface area contributed by atoms with Crippen molar-refractivity contribution in [3.8, 4) is 0 Å². The van der Waals surface area contributed by atoms with E-state index in [1.165, 1.54) is 41.3 Å². The van der Waals surface area contributed by atoms with Crippen molar-refractivity contribution in [2.45, 2.75) is 38.8 Å². The van der Waals surface area contributed by atoms with Gasteiger partial charge in [-0.15, -0.1) is 0 Å². The minimum atomic E-state index is -1.04. The van der Waals surface area contributed by atoms with Crippen LogP contribution in [0.1, 0.15) is 37.0 Å². The molecule has 1 aliphatic heterocycles. The fraction of sp³-hybridized carbons (Fsp3) is 0.286. The third-order valence-corrected chi connectivity index (χ3v) is 4.95. The van der Waals surface area contributed by atoms with Gasteiger partial charge in [-0.3, -0.25) is 14.4 Å². The first kappa shape index (κ1) is 19.7. The molecule has 0 spiro atoms. The Morgan fingerprint density at radius 2 is 1.79 bits per heavy atom. The maximum atomic E-state index is 14.2. The van der Waals surface area contributed by atoms with Gasteiger partial charge in [-0.25, -0.2) is 13.7 Å². The Morgan fingerprint density at radius 3 is 2.39 bits per heavy atom. The predicted molar refractivity (Wildman–Crippen MR) is 99.6 cm³/mol. The molecule has 1 saturated heterocycles. The normalized spacial score (nSPS) is 17.7. The van der Waals surface area contributed by atoms with E-state index in [0.29, 0.717) is 6.42 Å². The summed E-state index contributed by atoms with van der Waals surface area (Å²) in [5, 5.41) is 0. The lowest BCUT2D eigenvalue weighted by atomic mass is 10.1. The van der Waals surface area contributed by atoms with Gasteiger partial charge in [0.2, 0.25) is 5.91 Å². The molecule has 2 atom stereocenters. The summed E-state index contributed by atoms with van der Waals surface area (Å²) in [6, 6.07) is 9.08. The van der Waals surface area contributed by atoms with Gasteiger partial charge in [0.1, 0.15) is 17.7 Å². The van der Waals surface area contributed by atoms with E-state index < -0.39 is 35.4 Å². The predicted octanol–water partition coefficient (Wildman–Crippen LogP) is 3.54. The lowest BCUT2D eigenvalue weighted by molar-refractivity contribution is -0.122. The number of rotatable bonds is 5. The lowest BCUT2D eigenvalue weighted by Crippen LogP contribution is -2.50. The molecule has 5 nitrogen and oxygen atoms in total. The molecule has 0 saturated carbocycles. The summed E-state index contributed by atoms with van der Waals surface area (Å²) in [4.78, 5) is 40.8. The van der Waals surface area contributed by atoms with Gasteiger partial charge in [-0.2, -0.15) is 0 Å². The van der Waals surface area contributed by atoms with Crippen molar-refractivity contribution in [1.82, 2.24) is 4.90 Å². The first-order valence-corrected chi connectivity index (χ1v) is 9.04. The van der Waals surface area contributed by atoms with E-state index in [0.717, 1.165) is 17.0 Å². The summed E-state index contributed by atoms with van der Waals surface area (Å²) in [7, 11) is 0. The van der Waals surface area contributed by atoms with Crippen LogP contribution in [-0.2, 0) is 9.59 Å². The average Bonchev–Trinajstić information content (AvgIpc) is 2.97. The van der Waals surface area contributed by atoms with Gasteiger partial charge in [0, 0.05) is 6.04 Å². The minimum absolute atomic E-state index is 0.150. The van der Waals surface area contributed by atoms with Gasteiger partial charge in [0.15, 0.2) is 0 Å². The molecule has 1 fully saturated rings. The van der Waals surface area contributed by atoms with Crippen LogP contribution in [-0.4, -0.2) is 34.7 Å². The molecule has 0 radical (unpaired) electrons. The molecule has 3 rings (SSSR count). The van der Waals surface area contributed by atoms with Crippen LogP contribution in [0.5, 0.6) is 0 Å². The summed E-state index contributed by atoms with van der Waals surface area (Å²) in [6.45, 7) is 3.59. The van der Waals surface area contributed by atoms with Crippen LogP contribution in [0.25, 0.3) is 0 Å². The van der Waals surface area contributed by atoms with Crippen LogP contribution in [0.3, 0.4) is 0 Å². The Kier molecular flexibility index (Phi) is 5.53. The zero-order valence-corrected chi connectivity index (χ0v) is 15.6. The summed E-state index contributed by atoms with van der Waals surface area (Å²) in [6.07, 6.45) is 0.315. The van der Waals surface area contributed by atoms with Crippen molar-refractivity contribution in [1.29, 1.82) is 0 Å². The summed E-state index contributed by atoms with van der Waals surface area (Å²) >= 11 is 0. The fourth-order valence-corrected chi connectivity index (χ4v) is 3.31. The molecule has 2 unspecified atom stereocenters. The van der Waals surface area contributed by atoms with E-state index in [1.807, 2.05) is 6.92 Å². The second kappa shape index (κ2) is 7.88. The molecule has 28 heavy (non-hydrogen) atoms. The Balaban J connectivity index is 1.96. The molecule has 3 amide bonds. The highest BCUT2D eigenvalue weighted by atomic mass is 19.1. The highest BCUT2D eigenvalue weighted by molar-refractivity contribution is 6.23. The first-order chi connectivity index (χ1) is 13.3. The number of nitrogens with zero attached hydrogens (tertiary/aromatic N) is 2. The number of benzene rings is 2. The molecule has 146 valence electrons. The Hall–Kier alpha value is -3.09. The van der Waals surface area contributed by atoms with Gasteiger partial charge < -0.3 is 4.90 Å². The van der Waals surface area contributed by atoms with Gasteiger partial charge >= 0.3 is 0 Å². The van der Waals surface area contributed by atoms with Crippen molar-refractivity contribution >= 4 is 23.4 Å². The maximum Gasteiger partial charge on any atom is 0.257 e. The SMILES string of the molecule is CCC(C)N(C(=O)c1ccccc1F)C1CC(=O)N(c2ccc(F)cc2)C1=O. The molecule has 1 heterocycles. The topological polar surface area (TPSA) is 57.7 Å². The molecule has 2 aromatic rings. The smallest absolute Gasteiger partial charge is 0.257 e. The van der Waals surface area contributed by atoms with E-state index in [4.69, 9.17) is 0 Å². The second-order valence-corrected chi connectivity index (χ2v) is 6.71. The van der Waals surface area contributed by atoms with Crippen LogP contribution >= 0.6 is 0 Å². The number of hydrogen-bond acceptors (Lipinski definition) is 3. The van der Waals surface area contributed by atoms with Gasteiger partial charge in [0.05, 0.1) is 17.7 Å². The molecule has 2 aromatic carbocycles. The van der Waals surface area contributed by atoms with E-state index in [2.05, 4.69) is 0 Å². The number of carbonyl (C=O) groups is 3. The van der Waals surface area contributed by atoms with Crippen LogP contribution in [0, 0.1) is 11.6 Å². The number of halogens is 2. The van der Waals surface area contributed by atoms with Crippen LogP contribution in [0.2, 0.25) is 0 Å². The number of carbonyl (C=O) groups excluding carboxylic acids is 3. The standard InChI is InChI=1S/C21H20F2N2O3/c1-3-13(2)24(20(27)16-6-4-5-7-17(16)23)18-12-19(26)25(21(18)28)15-10-8-14(22)9-11-15/h4-11,13,18H,3,12H2,1-2H3. The van der Waals surface area contributed by atoms with Crippen molar-refractivity contribution in [2.75, 3.05) is 4.90 Å². The fourth-order valence-electron chi connectivity index (χ4n) is 3.31. The highest BCUT2D eigenvalue weighted by Crippen LogP contribution is 2.29.